The number of thiocarbonyl (C=S) groups is 1. The largest absolute Gasteiger partial charge is 0.466 e. The molecule has 2 N–H and O–H groups in total. The lowest BCUT2D eigenvalue weighted by Crippen LogP contribution is -2.48. The molecule has 0 spiro atoms. The average Bonchev–Trinajstić information content (AvgIpc) is 2.72. The summed E-state index contributed by atoms with van der Waals surface area (Å²) in [6, 6.07) is 10.8. The van der Waals surface area contributed by atoms with Gasteiger partial charge in [-0.15, -0.1) is 0 Å². The summed E-state index contributed by atoms with van der Waals surface area (Å²) in [5.41, 5.74) is 1.11. The van der Waals surface area contributed by atoms with E-state index in [0.717, 1.165) is 12.1 Å². The zero-order chi connectivity index (χ0) is 23.6. The Kier molecular flexibility index (Phi) is 6.54. The number of allylic oxidation sites excluding steroid dienone is 1. The summed E-state index contributed by atoms with van der Waals surface area (Å²) in [5, 5.41) is 5.81. The SMILES string of the molecule is COC(=O)C1=C(C)N(c2cccc(C(F)(F)F)c2)C(=S)NC1c1ccc(NC(C)=O)cc1. The molecule has 32 heavy (non-hydrogen) atoms. The number of alkyl halides is 3. The minimum atomic E-state index is -4.53. The molecule has 0 radical (unpaired) electrons. The minimum absolute atomic E-state index is 0.130. The molecule has 168 valence electrons. The molecule has 0 aromatic heterocycles. The van der Waals surface area contributed by atoms with E-state index in [9.17, 15) is 22.8 Å². The smallest absolute Gasteiger partial charge is 0.416 e. The quantitative estimate of drug-likeness (QED) is 0.512. The Hall–Kier alpha value is -3.40. The molecule has 1 aliphatic rings. The van der Waals surface area contributed by atoms with Crippen molar-refractivity contribution < 1.29 is 27.5 Å². The number of benzene rings is 2. The van der Waals surface area contributed by atoms with Crippen LogP contribution < -0.4 is 15.5 Å². The van der Waals surface area contributed by atoms with Crippen molar-refractivity contribution in [1.29, 1.82) is 0 Å². The van der Waals surface area contributed by atoms with Gasteiger partial charge in [0.05, 0.1) is 24.3 Å². The maximum Gasteiger partial charge on any atom is 0.416 e. The fourth-order valence-electron chi connectivity index (χ4n) is 3.46. The number of carbonyl (C=O) groups excluding carboxylic acids is 2. The zero-order valence-electron chi connectivity index (χ0n) is 17.4. The van der Waals surface area contributed by atoms with Crippen molar-refractivity contribution in [3.63, 3.8) is 0 Å². The highest BCUT2D eigenvalue weighted by atomic mass is 32.1. The number of nitrogens with one attached hydrogen (secondary N) is 2. The summed E-state index contributed by atoms with van der Waals surface area (Å²) in [5.74, 6) is -0.872. The fourth-order valence-corrected chi connectivity index (χ4v) is 3.82. The van der Waals surface area contributed by atoms with Crippen molar-refractivity contribution in [2.45, 2.75) is 26.1 Å². The average molecular weight is 463 g/mol. The van der Waals surface area contributed by atoms with Gasteiger partial charge >= 0.3 is 12.1 Å². The van der Waals surface area contributed by atoms with Crippen LogP contribution in [0.3, 0.4) is 0 Å². The Morgan fingerprint density at radius 2 is 1.81 bits per heavy atom. The number of hydrogen-bond donors (Lipinski definition) is 2. The summed E-state index contributed by atoms with van der Waals surface area (Å²) >= 11 is 5.45. The van der Waals surface area contributed by atoms with Gasteiger partial charge in [-0.1, -0.05) is 18.2 Å². The van der Waals surface area contributed by atoms with Gasteiger partial charge in [-0.25, -0.2) is 4.79 Å². The summed E-state index contributed by atoms with van der Waals surface area (Å²) in [7, 11) is 1.22. The molecule has 1 heterocycles. The van der Waals surface area contributed by atoms with Crippen LogP contribution in [0.5, 0.6) is 0 Å². The monoisotopic (exact) mass is 463 g/mol. The van der Waals surface area contributed by atoms with Gasteiger partial charge in [0.25, 0.3) is 0 Å². The van der Waals surface area contributed by atoms with Gasteiger partial charge in [0.2, 0.25) is 5.91 Å². The van der Waals surface area contributed by atoms with Crippen molar-refractivity contribution in [1.82, 2.24) is 5.32 Å². The van der Waals surface area contributed by atoms with E-state index in [0.29, 0.717) is 16.9 Å². The lowest BCUT2D eigenvalue weighted by Gasteiger charge is -2.37. The first-order valence-electron chi connectivity index (χ1n) is 9.47. The summed E-state index contributed by atoms with van der Waals surface area (Å²) in [6.45, 7) is 2.98. The molecule has 2 aromatic carbocycles. The molecule has 0 bridgehead atoms. The van der Waals surface area contributed by atoms with Crippen LogP contribution in [-0.4, -0.2) is 24.1 Å². The van der Waals surface area contributed by atoms with Gasteiger partial charge in [-0.3, -0.25) is 9.69 Å². The van der Waals surface area contributed by atoms with E-state index in [1.165, 1.54) is 31.1 Å². The molecule has 0 aliphatic carbocycles. The van der Waals surface area contributed by atoms with Crippen LogP contribution in [0, 0.1) is 0 Å². The van der Waals surface area contributed by atoms with E-state index in [1.54, 1.807) is 31.2 Å². The van der Waals surface area contributed by atoms with Gasteiger partial charge in [0, 0.05) is 24.0 Å². The third-order valence-electron chi connectivity index (χ3n) is 4.89. The van der Waals surface area contributed by atoms with E-state index in [1.807, 2.05) is 0 Å². The van der Waals surface area contributed by atoms with E-state index in [4.69, 9.17) is 17.0 Å². The molecule has 0 saturated carbocycles. The molecule has 2 aromatic rings. The molecule has 1 atom stereocenters. The molecule has 10 heteroatoms. The second-order valence-electron chi connectivity index (χ2n) is 7.06. The number of amides is 1. The predicted octanol–water partition coefficient (Wildman–Crippen LogP) is 4.55. The highest BCUT2D eigenvalue weighted by Crippen LogP contribution is 2.37. The Morgan fingerprint density at radius 1 is 1.16 bits per heavy atom. The molecule has 6 nitrogen and oxygen atoms in total. The second kappa shape index (κ2) is 8.99. The lowest BCUT2D eigenvalue weighted by molar-refractivity contribution is -0.138. The number of halogens is 3. The number of rotatable bonds is 4. The molecule has 1 amide bonds. The van der Waals surface area contributed by atoms with Crippen LogP contribution in [0.25, 0.3) is 0 Å². The highest BCUT2D eigenvalue weighted by molar-refractivity contribution is 7.80. The van der Waals surface area contributed by atoms with Crippen LogP contribution in [0.15, 0.2) is 59.8 Å². The summed E-state index contributed by atoms with van der Waals surface area (Å²) in [4.78, 5) is 25.3. The Labute approximate surface area is 188 Å². The van der Waals surface area contributed by atoms with Crippen molar-refractivity contribution >= 4 is 40.6 Å². The predicted molar refractivity (Wildman–Crippen MR) is 118 cm³/mol. The molecule has 3 rings (SSSR count). The van der Waals surface area contributed by atoms with Gasteiger partial charge < -0.3 is 15.4 Å². The third kappa shape index (κ3) is 4.75. The first-order chi connectivity index (χ1) is 15.0. The molecular weight excluding hydrogens is 443 g/mol. The van der Waals surface area contributed by atoms with Crippen molar-refractivity contribution in [3.8, 4) is 0 Å². The zero-order valence-corrected chi connectivity index (χ0v) is 18.2. The maximum absolute atomic E-state index is 13.2. The lowest BCUT2D eigenvalue weighted by atomic mass is 9.94. The molecule has 1 unspecified atom stereocenters. The number of carbonyl (C=O) groups is 2. The summed E-state index contributed by atoms with van der Waals surface area (Å²) < 4.78 is 44.6. The number of hydrogen-bond acceptors (Lipinski definition) is 4. The Balaban J connectivity index is 2.07. The van der Waals surface area contributed by atoms with Gasteiger partial charge in [0.1, 0.15) is 0 Å². The van der Waals surface area contributed by atoms with E-state index in [-0.39, 0.29) is 22.3 Å². The minimum Gasteiger partial charge on any atom is -0.466 e. The van der Waals surface area contributed by atoms with Gasteiger partial charge in [0.15, 0.2) is 5.11 Å². The summed E-state index contributed by atoms with van der Waals surface area (Å²) in [6.07, 6.45) is -4.53. The number of anilines is 2. The number of esters is 1. The molecule has 0 saturated heterocycles. The van der Waals surface area contributed by atoms with E-state index in [2.05, 4.69) is 10.6 Å². The second-order valence-corrected chi connectivity index (χ2v) is 7.45. The van der Waals surface area contributed by atoms with E-state index >= 15 is 0 Å². The number of ether oxygens (including phenoxy) is 1. The van der Waals surface area contributed by atoms with Crippen molar-refractivity contribution in [2.75, 3.05) is 17.3 Å². The Morgan fingerprint density at radius 3 is 2.38 bits per heavy atom. The standard InChI is InChI=1S/C22H20F3N3O3S/c1-12-18(20(30)31-3)19(14-7-9-16(10-8-14)26-13(2)29)27-21(32)28(12)17-6-4-5-15(11-17)22(23,24)25/h4-11,19H,1-3H3,(H,26,29)(H,27,32). The first-order valence-corrected chi connectivity index (χ1v) is 9.88. The normalized spacial score (nSPS) is 16.5. The van der Waals surface area contributed by atoms with Crippen molar-refractivity contribution in [2.24, 2.45) is 0 Å². The maximum atomic E-state index is 13.2. The van der Waals surface area contributed by atoms with Gasteiger partial charge in [-0.2, -0.15) is 13.2 Å². The third-order valence-corrected chi connectivity index (χ3v) is 5.19. The molecule has 0 fully saturated rings. The van der Waals surface area contributed by atoms with Gasteiger partial charge in [-0.05, 0) is 55.0 Å². The Bertz CT molecular complexity index is 1100. The van der Waals surface area contributed by atoms with Crippen molar-refractivity contribution in [3.05, 3.63) is 70.9 Å². The fraction of sp³-hybridized carbons (Fsp3) is 0.227. The van der Waals surface area contributed by atoms with E-state index < -0.39 is 23.8 Å². The molecular formula is C22H20F3N3O3S. The molecule has 1 aliphatic heterocycles. The van der Waals surface area contributed by atoms with Crippen LogP contribution in [0.1, 0.15) is 31.0 Å². The van der Waals surface area contributed by atoms with Crippen LogP contribution in [0.4, 0.5) is 24.5 Å². The van der Waals surface area contributed by atoms with Crippen LogP contribution >= 0.6 is 12.2 Å². The first kappa shape index (κ1) is 23.3. The highest BCUT2D eigenvalue weighted by Gasteiger charge is 2.36. The number of methoxy groups -OCH3 is 1. The topological polar surface area (TPSA) is 70.7 Å². The van der Waals surface area contributed by atoms with Crippen LogP contribution in [0.2, 0.25) is 0 Å². The number of nitrogens with zero attached hydrogens (tertiary/aromatic N) is 1. The van der Waals surface area contributed by atoms with Crippen LogP contribution in [-0.2, 0) is 20.5 Å².